The smallest absolute Gasteiger partial charge is 0.303 e. The molecule has 0 saturated heterocycles. The van der Waals surface area contributed by atoms with E-state index < -0.39 is 5.97 Å². The van der Waals surface area contributed by atoms with Gasteiger partial charge in [0.1, 0.15) is 0 Å². The van der Waals surface area contributed by atoms with Crippen LogP contribution in [0.3, 0.4) is 0 Å². The van der Waals surface area contributed by atoms with E-state index in [0.29, 0.717) is 0 Å². The van der Waals surface area contributed by atoms with Crippen molar-refractivity contribution in [3.8, 4) is 0 Å². The first-order valence-electron chi connectivity index (χ1n) is 0.781. The van der Waals surface area contributed by atoms with E-state index in [-0.39, 0.29) is 5.48 Å². The van der Waals surface area contributed by atoms with Gasteiger partial charge in [-0.2, -0.15) is 0 Å². The Kier molecular flexibility index (Phi) is 6.05. The molecule has 0 atom stereocenters. The van der Waals surface area contributed by atoms with E-state index in [0.717, 1.165) is 0 Å². The van der Waals surface area contributed by atoms with Gasteiger partial charge in [0.2, 0.25) is 0 Å². The number of aliphatic carboxylic acids is 1. The molecule has 0 amide bonds. The average Bonchev–Trinajstić information content (AvgIpc) is 0.811. The summed E-state index contributed by atoms with van der Waals surface area (Å²) < 4.78 is 0. The van der Waals surface area contributed by atoms with Crippen molar-refractivity contribution in [3.63, 3.8) is 0 Å². The number of carboxylic acids is 1. The van der Waals surface area contributed by atoms with Crippen LogP contribution in [0.2, 0.25) is 0 Å². The molecule has 3 N–H and O–H groups in total. The van der Waals surface area contributed by atoms with Crippen LogP contribution in [0, 0.1) is 6.92 Å². The van der Waals surface area contributed by atoms with Gasteiger partial charge in [-0.05, 0) is 0 Å². The molecule has 0 unspecified atom stereocenters. The first-order chi connectivity index (χ1) is 1.73. The van der Waals surface area contributed by atoms with Gasteiger partial charge in [0, 0.05) is 0 Å². The summed E-state index contributed by atoms with van der Waals surface area (Å²) in [5, 5.41) is 7.31. The van der Waals surface area contributed by atoms with Crippen molar-refractivity contribution in [2.45, 2.75) is 0 Å². The SMILES string of the molecule is O.[CH2]C(=O)O. The van der Waals surface area contributed by atoms with Crippen molar-refractivity contribution in [2.24, 2.45) is 0 Å². The number of carbonyl (C=O) groups is 1. The van der Waals surface area contributed by atoms with Crippen LogP contribution in [0.25, 0.3) is 0 Å². The number of carboxylic acid groups (broad SMARTS) is 1. The highest BCUT2D eigenvalue weighted by Crippen LogP contribution is 1.40. The summed E-state index contributed by atoms with van der Waals surface area (Å²) in [6, 6.07) is 0. The molecule has 0 aromatic heterocycles. The van der Waals surface area contributed by atoms with E-state index in [1.165, 1.54) is 0 Å². The summed E-state index contributed by atoms with van der Waals surface area (Å²) in [6.45, 7) is 2.56. The van der Waals surface area contributed by atoms with Crippen LogP contribution in [0.1, 0.15) is 0 Å². The molecule has 0 aromatic carbocycles. The van der Waals surface area contributed by atoms with Gasteiger partial charge in [-0.1, -0.05) is 0 Å². The highest BCUT2D eigenvalue weighted by Gasteiger charge is 1.66. The van der Waals surface area contributed by atoms with Crippen LogP contribution in [0.15, 0.2) is 0 Å². The molecule has 3 nitrogen and oxygen atoms in total. The van der Waals surface area contributed by atoms with Crippen LogP contribution in [-0.2, 0) is 4.79 Å². The first-order valence-corrected chi connectivity index (χ1v) is 0.781. The highest BCUT2D eigenvalue weighted by atomic mass is 16.4. The molecular weight excluding hydrogens is 72.0 g/mol. The second-order valence-corrected chi connectivity index (χ2v) is 0.394. The summed E-state index contributed by atoms with van der Waals surface area (Å²) in [5.41, 5.74) is 0. The molecule has 0 aliphatic carbocycles. The Bertz CT molecular complexity index is 27.9. The molecule has 0 rings (SSSR count). The van der Waals surface area contributed by atoms with Gasteiger partial charge < -0.3 is 10.6 Å². The molecule has 0 bridgehead atoms. The molecule has 31 valence electrons. The largest absolute Gasteiger partial charge is 0.481 e. The fourth-order valence-electron chi connectivity index (χ4n) is 0. The summed E-state index contributed by atoms with van der Waals surface area (Å²) in [4.78, 5) is 8.89. The summed E-state index contributed by atoms with van der Waals surface area (Å²) in [5.74, 6) is -1.08. The minimum Gasteiger partial charge on any atom is -0.481 e. The second-order valence-electron chi connectivity index (χ2n) is 0.394. The first kappa shape index (κ1) is 8.83. The maximum absolute atomic E-state index is 8.89. The van der Waals surface area contributed by atoms with Crippen LogP contribution >= 0.6 is 0 Å². The van der Waals surface area contributed by atoms with E-state index in [1.54, 1.807) is 0 Å². The topological polar surface area (TPSA) is 68.8 Å². The third kappa shape index (κ3) is 21.6. The van der Waals surface area contributed by atoms with Crippen LogP contribution < -0.4 is 0 Å². The zero-order valence-corrected chi connectivity index (χ0v) is 2.56. The fraction of sp³-hybridized carbons (Fsp3) is 0. The van der Waals surface area contributed by atoms with Gasteiger partial charge in [0.05, 0.1) is 6.92 Å². The molecule has 0 aromatic rings. The lowest BCUT2D eigenvalue weighted by atomic mass is 10.9. The van der Waals surface area contributed by atoms with Crippen molar-refractivity contribution < 1.29 is 15.4 Å². The quantitative estimate of drug-likeness (QED) is 0.406. The van der Waals surface area contributed by atoms with Crippen LogP contribution in [0.4, 0.5) is 0 Å². The fourth-order valence-corrected chi connectivity index (χ4v) is 0. The molecule has 0 saturated carbocycles. The number of hydrogen-bond acceptors (Lipinski definition) is 1. The standard InChI is InChI=1S/C2H3O2.H2O/c1-2(3)4;/h1H2,(H,3,4);1H2. The number of rotatable bonds is 0. The second kappa shape index (κ2) is 3.43. The number of hydrogen-bond donors (Lipinski definition) is 1. The molecular formula is C2H5O3. The molecule has 1 radical (unpaired) electrons. The summed E-state index contributed by atoms with van der Waals surface area (Å²) >= 11 is 0. The zero-order valence-electron chi connectivity index (χ0n) is 2.56. The maximum atomic E-state index is 8.89. The van der Waals surface area contributed by atoms with Gasteiger partial charge in [-0.15, -0.1) is 0 Å². The van der Waals surface area contributed by atoms with Crippen LogP contribution in [-0.4, -0.2) is 16.6 Å². The third-order valence-corrected chi connectivity index (χ3v) is 0. The monoisotopic (exact) mass is 77.0 g/mol. The molecule has 0 aliphatic heterocycles. The Morgan fingerprint density at radius 2 is 1.80 bits per heavy atom. The zero-order chi connectivity index (χ0) is 3.58. The lowest BCUT2D eigenvalue weighted by Gasteiger charge is -1.58. The highest BCUT2D eigenvalue weighted by molar-refractivity contribution is 5.71. The predicted octanol–water partition coefficient (Wildman–Crippen LogP) is -0.920. The Morgan fingerprint density at radius 3 is 1.80 bits per heavy atom. The Balaban J connectivity index is 0. The molecule has 3 heteroatoms. The van der Waals surface area contributed by atoms with Crippen molar-refractivity contribution >= 4 is 5.97 Å². The average molecular weight is 77.1 g/mol. The molecule has 0 aliphatic rings. The van der Waals surface area contributed by atoms with E-state index in [1.807, 2.05) is 0 Å². The van der Waals surface area contributed by atoms with E-state index in [9.17, 15) is 0 Å². The minimum absolute atomic E-state index is 0. The Labute approximate surface area is 29.5 Å². The van der Waals surface area contributed by atoms with Crippen molar-refractivity contribution in [2.75, 3.05) is 0 Å². The van der Waals surface area contributed by atoms with Crippen molar-refractivity contribution in [1.29, 1.82) is 0 Å². The van der Waals surface area contributed by atoms with Gasteiger partial charge in [-0.3, -0.25) is 4.79 Å². The van der Waals surface area contributed by atoms with Gasteiger partial charge in [-0.25, -0.2) is 0 Å². The Morgan fingerprint density at radius 1 is 1.80 bits per heavy atom. The normalized spacial score (nSPS) is 5.00. The van der Waals surface area contributed by atoms with Crippen molar-refractivity contribution in [1.82, 2.24) is 0 Å². The third-order valence-electron chi connectivity index (χ3n) is 0. The molecule has 0 heterocycles. The minimum atomic E-state index is -1.08. The van der Waals surface area contributed by atoms with Crippen molar-refractivity contribution in [3.05, 3.63) is 6.92 Å². The molecule has 0 spiro atoms. The van der Waals surface area contributed by atoms with E-state index >= 15 is 0 Å². The molecule has 5 heavy (non-hydrogen) atoms. The lowest BCUT2D eigenvalue weighted by molar-refractivity contribution is -0.131. The Hall–Kier alpha value is -0.570. The maximum Gasteiger partial charge on any atom is 0.303 e. The molecule has 0 fully saturated rings. The summed E-state index contributed by atoms with van der Waals surface area (Å²) in [7, 11) is 0. The van der Waals surface area contributed by atoms with E-state index in [4.69, 9.17) is 9.90 Å². The van der Waals surface area contributed by atoms with Gasteiger partial charge in [0.25, 0.3) is 0 Å². The van der Waals surface area contributed by atoms with Crippen LogP contribution in [0.5, 0.6) is 0 Å². The summed E-state index contributed by atoms with van der Waals surface area (Å²) in [6.07, 6.45) is 0. The van der Waals surface area contributed by atoms with Gasteiger partial charge >= 0.3 is 5.97 Å². The van der Waals surface area contributed by atoms with Gasteiger partial charge in [0.15, 0.2) is 0 Å². The predicted molar refractivity (Wildman–Crippen MR) is 16.6 cm³/mol. The lowest BCUT2D eigenvalue weighted by Crippen LogP contribution is -1.79. The van der Waals surface area contributed by atoms with E-state index in [2.05, 4.69) is 6.92 Å².